The Balaban J connectivity index is 1.68. The van der Waals surface area contributed by atoms with Gasteiger partial charge in [0.25, 0.3) is 5.91 Å². The number of primary amides is 1. The minimum atomic E-state index is -1.08. The Morgan fingerprint density at radius 3 is 2.30 bits per heavy atom. The molecule has 10 nitrogen and oxygen atoms in total. The number of piperidine rings is 1. The summed E-state index contributed by atoms with van der Waals surface area (Å²) in [5, 5.41) is 5.16. The highest BCUT2D eigenvalue weighted by Gasteiger charge is 2.69. The molecule has 1 aliphatic heterocycles. The number of fused-ring (bicyclic) bond motifs is 1. The predicted molar refractivity (Wildman–Crippen MR) is 119 cm³/mol. The molecule has 2 saturated carbocycles. The Morgan fingerprint density at radius 1 is 1.15 bits per heavy atom. The van der Waals surface area contributed by atoms with Crippen molar-refractivity contribution in [3.05, 3.63) is 0 Å². The van der Waals surface area contributed by atoms with E-state index in [1.807, 2.05) is 13.8 Å². The number of hydrogen-bond donors (Lipinski definition) is 3. The maximum Gasteiger partial charge on any atom is 0.408 e. The topological polar surface area (TPSA) is 148 Å². The van der Waals surface area contributed by atoms with E-state index in [0.29, 0.717) is 13.0 Å². The average Bonchev–Trinajstić information content (AvgIpc) is 3.01. The summed E-state index contributed by atoms with van der Waals surface area (Å²) in [7, 11) is 0. The number of alkyl carbamates (subject to hydrolysis) is 1. The van der Waals surface area contributed by atoms with Gasteiger partial charge < -0.3 is 26.0 Å². The molecule has 3 aliphatic rings. The summed E-state index contributed by atoms with van der Waals surface area (Å²) in [5.41, 5.74) is 4.40. The number of nitrogens with one attached hydrogen (secondary N) is 2. The highest BCUT2D eigenvalue weighted by molar-refractivity contribution is 6.37. The summed E-state index contributed by atoms with van der Waals surface area (Å²) in [6, 6.07) is -1.76. The third kappa shape index (κ3) is 5.47. The largest absolute Gasteiger partial charge is 0.444 e. The first-order chi connectivity index (χ1) is 15.2. The van der Waals surface area contributed by atoms with E-state index in [0.717, 1.165) is 19.3 Å². The summed E-state index contributed by atoms with van der Waals surface area (Å²) in [5.74, 6) is -2.40. The van der Waals surface area contributed by atoms with E-state index in [9.17, 15) is 24.0 Å². The number of ketones is 1. The molecule has 4 amide bonds. The number of carbonyl (C=O) groups excluding carboxylic acids is 5. The highest BCUT2D eigenvalue weighted by atomic mass is 16.6. The van der Waals surface area contributed by atoms with Gasteiger partial charge in [-0.1, -0.05) is 33.1 Å². The van der Waals surface area contributed by atoms with Crippen LogP contribution in [0.15, 0.2) is 0 Å². The van der Waals surface area contributed by atoms with Crippen molar-refractivity contribution in [2.45, 2.75) is 78.0 Å². The molecule has 1 heterocycles. The number of rotatable bonds is 8. The fourth-order valence-electron chi connectivity index (χ4n) is 5.13. The molecule has 0 aromatic rings. The van der Waals surface area contributed by atoms with Crippen LogP contribution in [-0.4, -0.2) is 65.3 Å². The summed E-state index contributed by atoms with van der Waals surface area (Å²) >= 11 is 0. The molecule has 0 bridgehead atoms. The molecule has 4 unspecified atom stereocenters. The third-order valence-electron chi connectivity index (χ3n) is 7.25. The van der Waals surface area contributed by atoms with Gasteiger partial charge >= 0.3 is 6.09 Å². The van der Waals surface area contributed by atoms with Gasteiger partial charge in [0, 0.05) is 6.54 Å². The lowest BCUT2D eigenvalue weighted by molar-refractivity contribution is -0.142. The molecule has 0 aromatic heterocycles. The highest BCUT2D eigenvalue weighted by Crippen LogP contribution is 2.64. The van der Waals surface area contributed by atoms with Crippen molar-refractivity contribution in [3.63, 3.8) is 0 Å². The van der Waals surface area contributed by atoms with E-state index in [1.165, 1.54) is 4.90 Å². The fourth-order valence-corrected chi connectivity index (χ4v) is 5.13. The van der Waals surface area contributed by atoms with Crippen molar-refractivity contribution in [2.24, 2.45) is 28.9 Å². The van der Waals surface area contributed by atoms with Crippen LogP contribution >= 0.6 is 0 Å². The number of hydrogen-bond acceptors (Lipinski definition) is 6. The van der Waals surface area contributed by atoms with Gasteiger partial charge in [0.2, 0.25) is 17.6 Å². The first-order valence-corrected chi connectivity index (χ1v) is 11.6. The zero-order valence-electron chi connectivity index (χ0n) is 20.1. The molecule has 3 rings (SSSR count). The monoisotopic (exact) mass is 464 g/mol. The smallest absolute Gasteiger partial charge is 0.408 e. The number of amides is 4. The van der Waals surface area contributed by atoms with Gasteiger partial charge in [0.05, 0.1) is 6.04 Å². The van der Waals surface area contributed by atoms with Crippen molar-refractivity contribution < 1.29 is 28.7 Å². The van der Waals surface area contributed by atoms with Crippen LogP contribution < -0.4 is 16.4 Å². The number of nitrogens with zero attached hydrogens (tertiary/aromatic N) is 1. The van der Waals surface area contributed by atoms with Crippen LogP contribution in [0.3, 0.4) is 0 Å². The molecule has 0 radical (unpaired) electrons. The van der Waals surface area contributed by atoms with Crippen LogP contribution in [-0.2, 0) is 23.9 Å². The van der Waals surface area contributed by atoms with E-state index in [-0.39, 0.29) is 29.7 Å². The van der Waals surface area contributed by atoms with Gasteiger partial charge in [-0.15, -0.1) is 0 Å². The molecular weight excluding hydrogens is 428 g/mol. The molecule has 4 atom stereocenters. The molecule has 33 heavy (non-hydrogen) atoms. The van der Waals surface area contributed by atoms with Crippen LogP contribution in [0.2, 0.25) is 0 Å². The maximum atomic E-state index is 13.3. The number of ether oxygens (including phenoxy) is 1. The Labute approximate surface area is 194 Å². The summed E-state index contributed by atoms with van der Waals surface area (Å²) < 4.78 is 5.16. The summed E-state index contributed by atoms with van der Waals surface area (Å²) in [4.78, 5) is 63.5. The van der Waals surface area contributed by atoms with E-state index in [2.05, 4.69) is 10.6 Å². The molecule has 10 heteroatoms. The van der Waals surface area contributed by atoms with Crippen molar-refractivity contribution in [1.29, 1.82) is 0 Å². The van der Waals surface area contributed by atoms with Crippen LogP contribution in [0.5, 0.6) is 0 Å². The molecule has 1 saturated heterocycles. The first-order valence-electron chi connectivity index (χ1n) is 11.6. The Bertz CT molecular complexity index is 844. The van der Waals surface area contributed by atoms with Crippen LogP contribution in [0, 0.1) is 23.2 Å². The van der Waals surface area contributed by atoms with Crippen molar-refractivity contribution in [1.82, 2.24) is 15.5 Å². The average molecular weight is 465 g/mol. The molecule has 4 N–H and O–H groups in total. The molecule has 0 spiro atoms. The SMILES string of the molecule is CC(C)(C)OC(=O)NCC(=O)N1CC2C(C1C(=O)NC(CC1CCC1)C(=O)C(N)=O)C2(C)C. The quantitative estimate of drug-likeness (QED) is 0.451. The number of likely N-dealkylation sites (tertiary alicyclic amines) is 1. The lowest BCUT2D eigenvalue weighted by atomic mass is 9.80. The molecular formula is C23H36N4O6. The summed E-state index contributed by atoms with van der Waals surface area (Å²) in [6.45, 7) is 9.34. The fraction of sp³-hybridized carbons (Fsp3) is 0.783. The van der Waals surface area contributed by atoms with E-state index < -0.39 is 47.3 Å². The van der Waals surface area contributed by atoms with Crippen LogP contribution in [0.25, 0.3) is 0 Å². The second-order valence-corrected chi connectivity index (χ2v) is 11.1. The van der Waals surface area contributed by atoms with Crippen LogP contribution in [0.1, 0.15) is 60.3 Å². The minimum Gasteiger partial charge on any atom is -0.444 e. The van der Waals surface area contributed by atoms with Gasteiger partial charge in [-0.25, -0.2) is 4.79 Å². The van der Waals surface area contributed by atoms with E-state index in [1.54, 1.807) is 20.8 Å². The Kier molecular flexibility index (Phi) is 6.77. The third-order valence-corrected chi connectivity index (χ3v) is 7.25. The van der Waals surface area contributed by atoms with Gasteiger partial charge in [-0.05, 0) is 50.4 Å². The summed E-state index contributed by atoms with van der Waals surface area (Å²) in [6.07, 6.45) is 2.60. The second-order valence-electron chi connectivity index (χ2n) is 11.1. The molecule has 3 fully saturated rings. The first kappa shape index (κ1) is 25.0. The molecule has 184 valence electrons. The number of nitrogens with two attached hydrogens (primary N) is 1. The molecule has 2 aliphatic carbocycles. The standard InChI is InChI=1S/C23H36N4O6/c1-22(2,3)33-21(32)25-10-15(28)27-11-13-16(23(13,4)5)17(27)20(31)26-14(18(29)19(24)30)9-12-7-6-8-12/h12-14,16-17H,6-11H2,1-5H3,(H2,24,30)(H,25,32)(H,26,31). The lowest BCUT2D eigenvalue weighted by Crippen LogP contribution is -2.56. The Morgan fingerprint density at radius 2 is 1.79 bits per heavy atom. The van der Waals surface area contributed by atoms with Gasteiger partial charge in [-0.3, -0.25) is 19.2 Å². The zero-order valence-corrected chi connectivity index (χ0v) is 20.1. The normalized spacial score (nSPS) is 26.5. The maximum absolute atomic E-state index is 13.3. The van der Waals surface area contributed by atoms with E-state index >= 15 is 0 Å². The minimum absolute atomic E-state index is 0.0593. The number of carbonyl (C=O) groups is 5. The van der Waals surface area contributed by atoms with Crippen molar-refractivity contribution in [3.8, 4) is 0 Å². The number of Topliss-reactive ketones (excluding diaryl/α,β-unsaturated/α-hetero) is 1. The van der Waals surface area contributed by atoms with E-state index in [4.69, 9.17) is 10.5 Å². The van der Waals surface area contributed by atoms with Crippen molar-refractivity contribution in [2.75, 3.05) is 13.1 Å². The van der Waals surface area contributed by atoms with Gasteiger partial charge in [0.1, 0.15) is 18.2 Å². The lowest BCUT2D eigenvalue weighted by Gasteiger charge is -2.33. The van der Waals surface area contributed by atoms with Crippen LogP contribution in [0.4, 0.5) is 4.79 Å². The second kappa shape index (κ2) is 8.95. The molecule has 0 aromatic carbocycles. The predicted octanol–water partition coefficient (Wildman–Crippen LogP) is 0.724. The van der Waals surface area contributed by atoms with Gasteiger partial charge in [0.15, 0.2) is 0 Å². The van der Waals surface area contributed by atoms with Crippen molar-refractivity contribution >= 4 is 29.6 Å². The Hall–Kier alpha value is -2.65. The zero-order chi connectivity index (χ0) is 24.7. The van der Waals surface area contributed by atoms with Gasteiger partial charge in [-0.2, -0.15) is 0 Å².